The summed E-state index contributed by atoms with van der Waals surface area (Å²) >= 11 is 1.72. The van der Waals surface area contributed by atoms with E-state index in [1.54, 1.807) is 22.7 Å². The van der Waals surface area contributed by atoms with Crippen molar-refractivity contribution in [2.75, 3.05) is 36.2 Å². The van der Waals surface area contributed by atoms with Gasteiger partial charge in [-0.15, -0.1) is 11.8 Å². The first-order chi connectivity index (χ1) is 12.6. The van der Waals surface area contributed by atoms with E-state index in [1.807, 2.05) is 24.3 Å². The van der Waals surface area contributed by atoms with Gasteiger partial charge in [-0.05, 0) is 24.3 Å². The molecule has 1 amide bonds. The predicted octanol–water partition coefficient (Wildman–Crippen LogP) is 3.85. The quantitative estimate of drug-likeness (QED) is 0.825. The molecule has 0 unspecified atom stereocenters. The number of carbonyl (C=O) groups is 1. The first-order valence-corrected chi connectivity index (χ1v) is 8.96. The first kappa shape index (κ1) is 18.3. The van der Waals surface area contributed by atoms with E-state index in [0.29, 0.717) is 12.2 Å². The van der Waals surface area contributed by atoms with Gasteiger partial charge in [-0.2, -0.15) is 8.78 Å². The summed E-state index contributed by atoms with van der Waals surface area (Å²) in [6.45, 7) is -2.28. The molecule has 0 spiro atoms. The second-order valence-electron chi connectivity index (χ2n) is 5.46. The van der Waals surface area contributed by atoms with Crippen LogP contribution in [0.2, 0.25) is 0 Å². The standard InChI is InChI=1S/C18H18F2N2O3S/c1-24-14-7-6-12(10-15(14)25-18(19)20)21-11-17(23)22-8-9-26-16-5-3-2-4-13(16)22/h2-7,10,18,21H,8-9,11H2,1H3. The Bertz CT molecular complexity index is 789. The van der Waals surface area contributed by atoms with Crippen LogP contribution in [0, 0.1) is 0 Å². The zero-order valence-corrected chi connectivity index (χ0v) is 14.9. The van der Waals surface area contributed by atoms with E-state index in [2.05, 4.69) is 10.1 Å². The van der Waals surface area contributed by atoms with Crippen LogP contribution in [0.1, 0.15) is 0 Å². The van der Waals surface area contributed by atoms with Crippen LogP contribution in [-0.4, -0.2) is 38.5 Å². The lowest BCUT2D eigenvalue weighted by Crippen LogP contribution is -2.39. The van der Waals surface area contributed by atoms with Crippen LogP contribution >= 0.6 is 11.8 Å². The monoisotopic (exact) mass is 380 g/mol. The molecule has 8 heteroatoms. The minimum Gasteiger partial charge on any atom is -0.493 e. The van der Waals surface area contributed by atoms with Crippen LogP contribution in [0.25, 0.3) is 0 Å². The van der Waals surface area contributed by atoms with Crippen LogP contribution in [0.5, 0.6) is 11.5 Å². The maximum atomic E-state index is 12.6. The fourth-order valence-corrected chi connectivity index (χ4v) is 3.67. The second kappa shape index (κ2) is 8.27. The van der Waals surface area contributed by atoms with Crippen molar-refractivity contribution in [2.24, 2.45) is 0 Å². The van der Waals surface area contributed by atoms with Crippen LogP contribution in [0.3, 0.4) is 0 Å². The Kier molecular flexibility index (Phi) is 5.82. The average molecular weight is 380 g/mol. The highest BCUT2D eigenvalue weighted by atomic mass is 32.2. The zero-order chi connectivity index (χ0) is 18.5. The number of anilines is 2. The third-order valence-corrected chi connectivity index (χ3v) is 4.90. The van der Waals surface area contributed by atoms with E-state index < -0.39 is 6.61 Å². The number of para-hydroxylation sites is 1. The Morgan fingerprint density at radius 2 is 2.08 bits per heavy atom. The van der Waals surface area contributed by atoms with Crippen molar-refractivity contribution in [3.8, 4) is 11.5 Å². The summed E-state index contributed by atoms with van der Waals surface area (Å²) in [6.07, 6.45) is 0. The topological polar surface area (TPSA) is 50.8 Å². The molecule has 1 N–H and O–H groups in total. The Labute approximate surface area is 154 Å². The number of nitrogens with one attached hydrogen (secondary N) is 1. The molecule has 1 aliphatic heterocycles. The Morgan fingerprint density at radius 1 is 1.27 bits per heavy atom. The van der Waals surface area contributed by atoms with Gasteiger partial charge in [-0.3, -0.25) is 4.79 Å². The van der Waals surface area contributed by atoms with Gasteiger partial charge in [-0.1, -0.05) is 12.1 Å². The molecule has 0 aliphatic carbocycles. The molecule has 0 saturated heterocycles. The van der Waals surface area contributed by atoms with E-state index in [-0.39, 0.29) is 24.0 Å². The normalized spacial score (nSPS) is 13.3. The lowest BCUT2D eigenvalue weighted by Gasteiger charge is -2.29. The molecule has 0 bridgehead atoms. The second-order valence-corrected chi connectivity index (χ2v) is 6.60. The molecule has 26 heavy (non-hydrogen) atoms. The van der Waals surface area contributed by atoms with Gasteiger partial charge in [-0.25, -0.2) is 0 Å². The molecule has 0 radical (unpaired) electrons. The average Bonchev–Trinajstić information content (AvgIpc) is 2.65. The van der Waals surface area contributed by atoms with Crippen LogP contribution in [0.15, 0.2) is 47.4 Å². The van der Waals surface area contributed by atoms with Crippen molar-refractivity contribution in [1.29, 1.82) is 0 Å². The highest BCUT2D eigenvalue weighted by Gasteiger charge is 2.22. The number of alkyl halides is 2. The lowest BCUT2D eigenvalue weighted by molar-refractivity contribution is -0.117. The number of hydrogen-bond acceptors (Lipinski definition) is 5. The molecule has 138 valence electrons. The van der Waals surface area contributed by atoms with E-state index in [1.165, 1.54) is 19.2 Å². The number of fused-ring (bicyclic) bond motifs is 1. The van der Waals surface area contributed by atoms with E-state index >= 15 is 0 Å². The zero-order valence-electron chi connectivity index (χ0n) is 14.1. The molecule has 2 aromatic carbocycles. The summed E-state index contributed by atoms with van der Waals surface area (Å²) in [6, 6.07) is 12.3. The van der Waals surface area contributed by atoms with Crippen LogP contribution in [-0.2, 0) is 4.79 Å². The Hall–Kier alpha value is -2.48. The molecule has 0 aromatic heterocycles. The third kappa shape index (κ3) is 4.19. The van der Waals surface area contributed by atoms with Gasteiger partial charge in [0.2, 0.25) is 5.91 Å². The van der Waals surface area contributed by atoms with Gasteiger partial charge in [0.25, 0.3) is 0 Å². The molecular weight excluding hydrogens is 362 g/mol. The maximum Gasteiger partial charge on any atom is 0.387 e. The lowest BCUT2D eigenvalue weighted by atomic mass is 10.2. The molecular formula is C18H18F2N2O3S. The fraction of sp³-hybridized carbons (Fsp3) is 0.278. The molecule has 0 atom stereocenters. The predicted molar refractivity (Wildman–Crippen MR) is 97.6 cm³/mol. The molecule has 0 saturated carbocycles. The largest absolute Gasteiger partial charge is 0.493 e. The third-order valence-electron chi connectivity index (χ3n) is 3.85. The highest BCUT2D eigenvalue weighted by Crippen LogP contribution is 2.34. The van der Waals surface area contributed by atoms with Crippen molar-refractivity contribution in [2.45, 2.75) is 11.5 Å². The fourth-order valence-electron chi connectivity index (χ4n) is 2.68. The number of methoxy groups -OCH3 is 1. The van der Waals surface area contributed by atoms with E-state index in [0.717, 1.165) is 16.3 Å². The SMILES string of the molecule is COc1ccc(NCC(=O)N2CCSc3ccccc32)cc1OC(F)F. The smallest absolute Gasteiger partial charge is 0.387 e. The van der Waals surface area contributed by atoms with Crippen molar-refractivity contribution < 1.29 is 23.0 Å². The van der Waals surface area contributed by atoms with E-state index in [4.69, 9.17) is 4.74 Å². The first-order valence-electron chi connectivity index (χ1n) is 7.97. The van der Waals surface area contributed by atoms with Gasteiger partial charge in [0.15, 0.2) is 11.5 Å². The van der Waals surface area contributed by atoms with Crippen LogP contribution < -0.4 is 19.7 Å². The summed E-state index contributed by atoms with van der Waals surface area (Å²) in [5, 5.41) is 2.96. The van der Waals surface area contributed by atoms with Crippen molar-refractivity contribution in [1.82, 2.24) is 0 Å². The number of rotatable bonds is 6. The summed E-state index contributed by atoms with van der Waals surface area (Å²) in [7, 11) is 1.37. The molecule has 1 aliphatic rings. The van der Waals surface area contributed by atoms with E-state index in [9.17, 15) is 13.6 Å². The summed E-state index contributed by atoms with van der Waals surface area (Å²) in [5.74, 6) is 0.853. The molecule has 3 rings (SSSR count). The number of hydrogen-bond donors (Lipinski definition) is 1. The van der Waals surface area contributed by atoms with Gasteiger partial charge >= 0.3 is 6.61 Å². The van der Waals surface area contributed by atoms with Crippen molar-refractivity contribution in [3.63, 3.8) is 0 Å². The number of halogens is 2. The number of benzene rings is 2. The highest BCUT2D eigenvalue weighted by molar-refractivity contribution is 7.99. The minimum absolute atomic E-state index is 0.0411. The minimum atomic E-state index is -2.96. The molecule has 2 aromatic rings. The number of thioether (sulfide) groups is 1. The van der Waals surface area contributed by atoms with Gasteiger partial charge < -0.3 is 19.7 Å². The van der Waals surface area contributed by atoms with Crippen molar-refractivity contribution >= 4 is 29.0 Å². The number of amides is 1. The van der Waals surface area contributed by atoms with Gasteiger partial charge in [0.05, 0.1) is 19.3 Å². The van der Waals surface area contributed by atoms with Crippen molar-refractivity contribution in [3.05, 3.63) is 42.5 Å². The summed E-state index contributed by atoms with van der Waals surface area (Å²) in [4.78, 5) is 15.4. The molecule has 5 nitrogen and oxygen atoms in total. The Balaban J connectivity index is 1.68. The number of nitrogens with zero attached hydrogens (tertiary/aromatic N) is 1. The number of carbonyl (C=O) groups excluding carboxylic acids is 1. The van der Waals surface area contributed by atoms with Gasteiger partial charge in [0.1, 0.15) is 0 Å². The summed E-state index contributed by atoms with van der Waals surface area (Å²) in [5.41, 5.74) is 1.39. The van der Waals surface area contributed by atoms with Gasteiger partial charge in [0, 0.05) is 28.9 Å². The summed E-state index contributed by atoms with van der Waals surface area (Å²) < 4.78 is 34.5. The molecule has 1 heterocycles. The Morgan fingerprint density at radius 3 is 2.85 bits per heavy atom. The molecule has 0 fully saturated rings. The number of ether oxygens (including phenoxy) is 2. The van der Waals surface area contributed by atoms with Crippen LogP contribution in [0.4, 0.5) is 20.2 Å². The maximum absolute atomic E-state index is 12.6.